The number of nitrogens with one attached hydrogen (secondary N) is 1. The van der Waals surface area contributed by atoms with Crippen molar-refractivity contribution >= 4 is 38.3 Å². The first-order valence-corrected chi connectivity index (χ1v) is 7.71. The minimum atomic E-state index is -0.386. The van der Waals surface area contributed by atoms with Gasteiger partial charge < -0.3 is 9.73 Å². The summed E-state index contributed by atoms with van der Waals surface area (Å²) >= 11 is 1.36. The first kappa shape index (κ1) is 12.6. The Hall–Kier alpha value is -2.14. The van der Waals surface area contributed by atoms with Gasteiger partial charge >= 0.3 is 5.63 Å². The Kier molecular flexibility index (Phi) is 2.65. The van der Waals surface area contributed by atoms with Crippen LogP contribution in [0.5, 0.6) is 0 Å². The molecule has 0 saturated heterocycles. The molecule has 1 aromatic carbocycles. The Balaban J connectivity index is 1.94. The van der Waals surface area contributed by atoms with Gasteiger partial charge in [0, 0.05) is 11.4 Å². The molecule has 4 rings (SSSR count). The van der Waals surface area contributed by atoms with E-state index in [4.69, 9.17) is 4.42 Å². The van der Waals surface area contributed by atoms with E-state index in [0.29, 0.717) is 21.9 Å². The standard InChI is InChI=1S/C16H13NO3S/c1-8-2-5-12-10(6-8)14-11(16(19)20-12)7-13(21-14)15(18)17-9-3-4-9/h2,5-7,9H,3-4H2,1H3,(H,17,18). The quantitative estimate of drug-likeness (QED) is 0.739. The maximum absolute atomic E-state index is 12.1. The molecule has 1 aliphatic rings. The predicted molar refractivity (Wildman–Crippen MR) is 83.1 cm³/mol. The van der Waals surface area contributed by atoms with Gasteiger partial charge in [-0.3, -0.25) is 4.79 Å². The van der Waals surface area contributed by atoms with Crippen molar-refractivity contribution in [2.75, 3.05) is 0 Å². The van der Waals surface area contributed by atoms with Crippen LogP contribution in [0.1, 0.15) is 28.1 Å². The summed E-state index contributed by atoms with van der Waals surface area (Å²) in [6.45, 7) is 1.99. The zero-order valence-corrected chi connectivity index (χ0v) is 12.3. The van der Waals surface area contributed by atoms with Crippen LogP contribution in [0.25, 0.3) is 21.1 Å². The Labute approximate surface area is 124 Å². The van der Waals surface area contributed by atoms with Crippen LogP contribution < -0.4 is 10.9 Å². The molecule has 0 bridgehead atoms. The summed E-state index contributed by atoms with van der Waals surface area (Å²) in [5.74, 6) is -0.0982. The normalized spacial score (nSPS) is 14.7. The smallest absolute Gasteiger partial charge is 0.345 e. The van der Waals surface area contributed by atoms with Gasteiger partial charge in [0.1, 0.15) is 5.58 Å². The average Bonchev–Trinajstić information content (AvgIpc) is 3.14. The molecule has 3 aromatic rings. The van der Waals surface area contributed by atoms with Crippen LogP contribution >= 0.6 is 11.3 Å². The number of rotatable bonds is 2. The Bertz CT molecular complexity index is 934. The predicted octanol–water partition coefficient (Wildman–Crippen LogP) is 3.21. The number of hydrogen-bond acceptors (Lipinski definition) is 4. The van der Waals surface area contributed by atoms with Crippen LogP contribution in [0.2, 0.25) is 0 Å². The average molecular weight is 299 g/mol. The van der Waals surface area contributed by atoms with Gasteiger partial charge in [0.2, 0.25) is 0 Å². The lowest BCUT2D eigenvalue weighted by Crippen LogP contribution is -2.24. The largest absolute Gasteiger partial charge is 0.422 e. The van der Waals surface area contributed by atoms with Gasteiger partial charge in [0.15, 0.2) is 0 Å². The zero-order chi connectivity index (χ0) is 14.6. The molecule has 0 atom stereocenters. The van der Waals surface area contributed by atoms with Gasteiger partial charge in [-0.1, -0.05) is 11.6 Å². The van der Waals surface area contributed by atoms with Gasteiger partial charge in [-0.2, -0.15) is 0 Å². The molecule has 5 heteroatoms. The highest BCUT2D eigenvalue weighted by molar-refractivity contribution is 7.21. The summed E-state index contributed by atoms with van der Waals surface area (Å²) in [4.78, 5) is 24.8. The maximum atomic E-state index is 12.1. The number of carbonyl (C=O) groups is 1. The summed E-state index contributed by atoms with van der Waals surface area (Å²) in [6, 6.07) is 7.64. The lowest BCUT2D eigenvalue weighted by molar-refractivity contribution is 0.0955. The van der Waals surface area contributed by atoms with E-state index < -0.39 is 0 Å². The fraction of sp³-hybridized carbons (Fsp3) is 0.250. The summed E-state index contributed by atoms with van der Waals surface area (Å²) in [5.41, 5.74) is 1.27. The highest BCUT2D eigenvalue weighted by atomic mass is 32.1. The molecule has 1 aliphatic carbocycles. The lowest BCUT2D eigenvalue weighted by atomic mass is 10.1. The van der Waals surface area contributed by atoms with Crippen LogP contribution in [-0.2, 0) is 0 Å². The van der Waals surface area contributed by atoms with E-state index in [1.165, 1.54) is 11.3 Å². The first-order valence-electron chi connectivity index (χ1n) is 6.90. The van der Waals surface area contributed by atoms with Crippen LogP contribution in [0.4, 0.5) is 0 Å². The number of amides is 1. The number of hydrogen-bond donors (Lipinski definition) is 1. The number of fused-ring (bicyclic) bond motifs is 3. The number of carbonyl (C=O) groups excluding carboxylic acids is 1. The van der Waals surface area contributed by atoms with Gasteiger partial charge in [0.25, 0.3) is 5.91 Å². The van der Waals surface area contributed by atoms with Crippen molar-refractivity contribution in [1.82, 2.24) is 5.32 Å². The minimum absolute atomic E-state index is 0.0982. The van der Waals surface area contributed by atoms with Crippen molar-refractivity contribution in [2.45, 2.75) is 25.8 Å². The molecule has 0 radical (unpaired) electrons. The molecule has 106 valence electrons. The Morgan fingerprint density at radius 1 is 1.29 bits per heavy atom. The highest BCUT2D eigenvalue weighted by Gasteiger charge is 2.25. The molecule has 21 heavy (non-hydrogen) atoms. The SMILES string of the molecule is Cc1ccc2oc(=O)c3cc(C(=O)NC4CC4)sc3c2c1. The van der Waals surface area contributed by atoms with Crippen LogP contribution in [0, 0.1) is 6.92 Å². The van der Waals surface area contributed by atoms with Crippen molar-refractivity contribution < 1.29 is 9.21 Å². The first-order chi connectivity index (χ1) is 10.1. The van der Waals surface area contributed by atoms with Gasteiger partial charge in [0.05, 0.1) is 15.0 Å². The van der Waals surface area contributed by atoms with E-state index in [-0.39, 0.29) is 11.5 Å². The molecule has 1 N–H and O–H groups in total. The minimum Gasteiger partial charge on any atom is -0.422 e. The molecule has 4 nitrogen and oxygen atoms in total. The molecule has 2 heterocycles. The number of thiophene rings is 1. The third kappa shape index (κ3) is 2.14. The molecular weight excluding hydrogens is 286 g/mol. The second-order valence-corrected chi connectivity index (χ2v) is 6.54. The summed E-state index contributed by atoms with van der Waals surface area (Å²) < 4.78 is 6.16. The topological polar surface area (TPSA) is 59.3 Å². The fourth-order valence-corrected chi connectivity index (χ4v) is 3.47. The van der Waals surface area contributed by atoms with Crippen molar-refractivity contribution in [2.24, 2.45) is 0 Å². The molecular formula is C16H13NO3S. The Morgan fingerprint density at radius 3 is 2.86 bits per heavy atom. The second-order valence-electron chi connectivity index (χ2n) is 5.49. The lowest BCUT2D eigenvalue weighted by Gasteiger charge is -1.99. The van der Waals surface area contributed by atoms with Crippen LogP contribution in [0.15, 0.2) is 33.5 Å². The summed E-state index contributed by atoms with van der Waals surface area (Å²) in [5, 5.41) is 4.32. The van der Waals surface area contributed by atoms with Gasteiger partial charge in [-0.15, -0.1) is 11.3 Å². The van der Waals surface area contributed by atoms with Gasteiger partial charge in [-0.05, 0) is 38.0 Å². The van der Waals surface area contributed by atoms with Crippen LogP contribution in [0.3, 0.4) is 0 Å². The zero-order valence-electron chi connectivity index (χ0n) is 11.4. The van der Waals surface area contributed by atoms with E-state index in [1.807, 2.05) is 19.1 Å². The van der Waals surface area contributed by atoms with E-state index in [0.717, 1.165) is 28.5 Å². The molecule has 1 amide bonds. The van der Waals surface area contributed by atoms with E-state index in [1.54, 1.807) is 12.1 Å². The molecule has 2 aromatic heterocycles. The summed E-state index contributed by atoms with van der Waals surface area (Å²) in [6.07, 6.45) is 2.09. The number of benzene rings is 1. The molecule has 1 saturated carbocycles. The maximum Gasteiger partial charge on any atom is 0.345 e. The van der Waals surface area contributed by atoms with Crippen LogP contribution in [-0.4, -0.2) is 11.9 Å². The Morgan fingerprint density at radius 2 is 2.10 bits per heavy atom. The number of aryl methyl sites for hydroxylation is 1. The monoisotopic (exact) mass is 299 g/mol. The van der Waals surface area contributed by atoms with E-state index in [2.05, 4.69) is 5.32 Å². The van der Waals surface area contributed by atoms with E-state index >= 15 is 0 Å². The van der Waals surface area contributed by atoms with Crippen molar-refractivity contribution in [3.8, 4) is 0 Å². The molecule has 0 unspecified atom stereocenters. The van der Waals surface area contributed by atoms with Gasteiger partial charge in [-0.25, -0.2) is 4.79 Å². The van der Waals surface area contributed by atoms with Crippen molar-refractivity contribution in [3.05, 3.63) is 45.1 Å². The molecule has 0 spiro atoms. The summed E-state index contributed by atoms with van der Waals surface area (Å²) in [7, 11) is 0. The van der Waals surface area contributed by atoms with Crippen molar-refractivity contribution in [1.29, 1.82) is 0 Å². The highest BCUT2D eigenvalue weighted by Crippen LogP contribution is 2.31. The third-order valence-corrected chi connectivity index (χ3v) is 4.84. The fourth-order valence-electron chi connectivity index (χ4n) is 2.40. The van der Waals surface area contributed by atoms with Crippen molar-refractivity contribution in [3.63, 3.8) is 0 Å². The van der Waals surface area contributed by atoms with E-state index in [9.17, 15) is 9.59 Å². The molecule has 1 fully saturated rings. The second kappa shape index (κ2) is 4.43. The third-order valence-electron chi connectivity index (χ3n) is 3.67. The molecule has 0 aliphatic heterocycles.